The van der Waals surface area contributed by atoms with Crippen LogP contribution in [0.25, 0.3) is 0 Å². The van der Waals surface area contributed by atoms with Crippen molar-refractivity contribution < 1.29 is 14.7 Å². The summed E-state index contributed by atoms with van der Waals surface area (Å²) in [5.74, 6) is -1.14. The molecule has 5 nitrogen and oxygen atoms in total. The number of carbonyl (C=O) groups excluding carboxylic acids is 1. The monoisotopic (exact) mass is 276 g/mol. The normalized spacial score (nSPS) is 15.1. The molecular formula is C15H20N2O3. The molecule has 0 aliphatic carbocycles. The lowest BCUT2D eigenvalue weighted by Gasteiger charge is -2.32. The minimum absolute atomic E-state index is 0.106. The average Bonchev–Trinajstić information content (AvgIpc) is 2.80. The number of carboxylic acid groups (broad SMARTS) is 1. The SMILES string of the molecule is CC(C)C(C(=O)NCC(=O)O)N1CCc2ccccc21. The van der Waals surface area contributed by atoms with Crippen LogP contribution in [0.15, 0.2) is 24.3 Å². The third-order valence-electron chi connectivity index (χ3n) is 3.57. The highest BCUT2D eigenvalue weighted by molar-refractivity contribution is 5.88. The lowest BCUT2D eigenvalue weighted by Crippen LogP contribution is -2.50. The van der Waals surface area contributed by atoms with E-state index in [2.05, 4.69) is 16.3 Å². The molecule has 108 valence electrons. The Labute approximate surface area is 118 Å². The molecule has 2 N–H and O–H groups in total. The van der Waals surface area contributed by atoms with Gasteiger partial charge in [0.2, 0.25) is 5.91 Å². The fraction of sp³-hybridized carbons (Fsp3) is 0.467. The zero-order valence-corrected chi connectivity index (χ0v) is 11.8. The number of carbonyl (C=O) groups is 2. The van der Waals surface area contributed by atoms with Crippen LogP contribution in [0.4, 0.5) is 5.69 Å². The van der Waals surface area contributed by atoms with Gasteiger partial charge in [0.15, 0.2) is 0 Å². The maximum absolute atomic E-state index is 12.3. The number of aliphatic carboxylic acids is 1. The quantitative estimate of drug-likeness (QED) is 0.850. The largest absolute Gasteiger partial charge is 0.480 e. The Morgan fingerprint density at radius 3 is 2.70 bits per heavy atom. The van der Waals surface area contributed by atoms with Crippen molar-refractivity contribution in [2.45, 2.75) is 26.3 Å². The van der Waals surface area contributed by atoms with Crippen LogP contribution in [0.5, 0.6) is 0 Å². The summed E-state index contributed by atoms with van der Waals surface area (Å²) in [7, 11) is 0. The highest BCUT2D eigenvalue weighted by atomic mass is 16.4. The number of nitrogens with zero attached hydrogens (tertiary/aromatic N) is 1. The number of fused-ring (bicyclic) bond motifs is 1. The van der Waals surface area contributed by atoms with Gasteiger partial charge in [-0.3, -0.25) is 9.59 Å². The number of hydrogen-bond acceptors (Lipinski definition) is 3. The van der Waals surface area contributed by atoms with Crippen molar-refractivity contribution >= 4 is 17.6 Å². The van der Waals surface area contributed by atoms with Gasteiger partial charge in [-0.2, -0.15) is 0 Å². The van der Waals surface area contributed by atoms with Crippen molar-refractivity contribution in [2.75, 3.05) is 18.0 Å². The number of hydrogen-bond donors (Lipinski definition) is 2. The van der Waals surface area contributed by atoms with E-state index in [1.54, 1.807) is 0 Å². The number of rotatable bonds is 5. The van der Waals surface area contributed by atoms with Gasteiger partial charge < -0.3 is 15.3 Å². The molecule has 5 heteroatoms. The van der Waals surface area contributed by atoms with Gasteiger partial charge in [-0.1, -0.05) is 32.0 Å². The number of carboxylic acids is 1. The summed E-state index contributed by atoms with van der Waals surface area (Å²) in [5, 5.41) is 11.2. The van der Waals surface area contributed by atoms with E-state index in [4.69, 9.17) is 5.11 Å². The molecule has 1 amide bonds. The van der Waals surface area contributed by atoms with Gasteiger partial charge in [0.05, 0.1) is 0 Å². The van der Waals surface area contributed by atoms with Crippen molar-refractivity contribution in [3.8, 4) is 0 Å². The predicted molar refractivity (Wildman–Crippen MR) is 76.8 cm³/mol. The lowest BCUT2D eigenvalue weighted by atomic mass is 10.0. The minimum Gasteiger partial charge on any atom is -0.480 e. The minimum atomic E-state index is -1.03. The van der Waals surface area contributed by atoms with Crippen LogP contribution in [0.3, 0.4) is 0 Å². The van der Waals surface area contributed by atoms with E-state index in [-0.39, 0.29) is 24.4 Å². The van der Waals surface area contributed by atoms with Crippen molar-refractivity contribution in [1.82, 2.24) is 5.32 Å². The van der Waals surface area contributed by atoms with Crippen LogP contribution in [0, 0.1) is 5.92 Å². The smallest absolute Gasteiger partial charge is 0.322 e. The van der Waals surface area contributed by atoms with E-state index >= 15 is 0 Å². The summed E-state index contributed by atoms with van der Waals surface area (Å²) in [5.41, 5.74) is 2.32. The molecule has 0 aromatic heterocycles. The summed E-state index contributed by atoms with van der Waals surface area (Å²) >= 11 is 0. The maximum atomic E-state index is 12.3. The number of anilines is 1. The van der Waals surface area contributed by atoms with E-state index in [0.717, 1.165) is 18.7 Å². The molecule has 20 heavy (non-hydrogen) atoms. The molecule has 1 atom stereocenters. The van der Waals surface area contributed by atoms with Gasteiger partial charge >= 0.3 is 5.97 Å². The second-order valence-electron chi connectivity index (χ2n) is 5.37. The zero-order valence-electron chi connectivity index (χ0n) is 11.8. The standard InChI is InChI=1S/C15H20N2O3/c1-10(2)14(15(20)16-9-13(18)19)17-8-7-11-5-3-4-6-12(11)17/h3-6,10,14H,7-9H2,1-2H3,(H,16,20)(H,18,19). The highest BCUT2D eigenvalue weighted by Crippen LogP contribution is 2.31. The average molecular weight is 276 g/mol. The van der Waals surface area contributed by atoms with E-state index in [9.17, 15) is 9.59 Å². The number of benzene rings is 1. The Balaban J connectivity index is 2.18. The van der Waals surface area contributed by atoms with Gasteiger partial charge in [-0.05, 0) is 24.0 Å². The molecule has 1 aliphatic rings. The zero-order chi connectivity index (χ0) is 14.7. The Hall–Kier alpha value is -2.04. The van der Waals surface area contributed by atoms with E-state index in [0.29, 0.717) is 0 Å². The topological polar surface area (TPSA) is 69.6 Å². The molecule has 0 fully saturated rings. The van der Waals surface area contributed by atoms with Crippen molar-refractivity contribution in [3.05, 3.63) is 29.8 Å². The third-order valence-corrected chi connectivity index (χ3v) is 3.57. The summed E-state index contributed by atoms with van der Waals surface area (Å²) in [6, 6.07) is 7.71. The van der Waals surface area contributed by atoms with Crippen molar-refractivity contribution in [2.24, 2.45) is 5.92 Å². The molecule has 0 saturated heterocycles. The first-order valence-corrected chi connectivity index (χ1v) is 6.84. The number of nitrogens with one attached hydrogen (secondary N) is 1. The molecule has 1 heterocycles. The van der Waals surface area contributed by atoms with Gasteiger partial charge in [-0.15, -0.1) is 0 Å². The summed E-state index contributed by atoms with van der Waals surface area (Å²) < 4.78 is 0. The Morgan fingerprint density at radius 2 is 2.05 bits per heavy atom. The third kappa shape index (κ3) is 2.92. The van der Waals surface area contributed by atoms with E-state index in [1.165, 1.54) is 5.56 Å². The molecule has 0 saturated carbocycles. The van der Waals surface area contributed by atoms with Crippen LogP contribution < -0.4 is 10.2 Å². The van der Waals surface area contributed by atoms with Crippen LogP contribution in [0.1, 0.15) is 19.4 Å². The molecule has 0 bridgehead atoms. The van der Waals surface area contributed by atoms with E-state index in [1.807, 2.05) is 32.0 Å². The molecular weight excluding hydrogens is 256 g/mol. The molecule has 2 rings (SSSR count). The Kier molecular flexibility index (Phi) is 4.27. The summed E-state index contributed by atoms with van der Waals surface area (Å²) in [6.07, 6.45) is 0.922. The molecule has 1 aromatic carbocycles. The number of amides is 1. The molecule has 1 aliphatic heterocycles. The second-order valence-corrected chi connectivity index (χ2v) is 5.37. The van der Waals surface area contributed by atoms with Crippen molar-refractivity contribution in [3.63, 3.8) is 0 Å². The maximum Gasteiger partial charge on any atom is 0.322 e. The molecule has 1 unspecified atom stereocenters. The summed E-state index contributed by atoms with van der Waals surface area (Å²) in [4.78, 5) is 24.9. The van der Waals surface area contributed by atoms with Gasteiger partial charge in [-0.25, -0.2) is 0 Å². The fourth-order valence-corrected chi connectivity index (χ4v) is 2.72. The van der Waals surface area contributed by atoms with Crippen molar-refractivity contribution in [1.29, 1.82) is 0 Å². The van der Waals surface area contributed by atoms with Gasteiger partial charge in [0.1, 0.15) is 12.6 Å². The van der Waals surface area contributed by atoms with Crippen LogP contribution in [-0.4, -0.2) is 36.1 Å². The Bertz CT molecular complexity index is 514. The van der Waals surface area contributed by atoms with Crippen LogP contribution in [-0.2, 0) is 16.0 Å². The predicted octanol–water partition coefficient (Wildman–Crippen LogP) is 1.27. The fourth-order valence-electron chi connectivity index (χ4n) is 2.72. The first kappa shape index (κ1) is 14.4. The lowest BCUT2D eigenvalue weighted by molar-refractivity contribution is -0.138. The Morgan fingerprint density at radius 1 is 1.35 bits per heavy atom. The number of para-hydroxylation sites is 1. The molecule has 0 radical (unpaired) electrons. The first-order chi connectivity index (χ1) is 9.50. The summed E-state index contributed by atoms with van der Waals surface area (Å²) in [6.45, 7) is 4.41. The molecule has 0 spiro atoms. The highest BCUT2D eigenvalue weighted by Gasteiger charge is 2.33. The first-order valence-electron chi connectivity index (χ1n) is 6.84. The van der Waals surface area contributed by atoms with Crippen LogP contribution in [0.2, 0.25) is 0 Å². The van der Waals surface area contributed by atoms with Crippen LogP contribution >= 0.6 is 0 Å². The second kappa shape index (κ2) is 5.94. The molecule has 1 aromatic rings. The van der Waals surface area contributed by atoms with E-state index < -0.39 is 5.97 Å². The van der Waals surface area contributed by atoms with Gasteiger partial charge in [0.25, 0.3) is 0 Å². The van der Waals surface area contributed by atoms with Gasteiger partial charge in [0, 0.05) is 12.2 Å².